The zero-order chi connectivity index (χ0) is 28.8. The summed E-state index contributed by atoms with van der Waals surface area (Å²) < 4.78 is 19.0. The van der Waals surface area contributed by atoms with Crippen LogP contribution in [-0.4, -0.2) is 32.2 Å². The Morgan fingerprint density at radius 3 is 2.37 bits per heavy atom. The van der Waals surface area contributed by atoms with E-state index in [9.17, 15) is 4.79 Å². The summed E-state index contributed by atoms with van der Waals surface area (Å²) in [5.41, 5.74) is 3.72. The van der Waals surface area contributed by atoms with Gasteiger partial charge < -0.3 is 14.2 Å². The van der Waals surface area contributed by atoms with E-state index in [0.29, 0.717) is 36.8 Å². The Hall–Kier alpha value is -2.07. The lowest BCUT2D eigenvalue weighted by Crippen LogP contribution is -2.26. The van der Waals surface area contributed by atoms with Crippen LogP contribution in [0.4, 0.5) is 0 Å². The van der Waals surface area contributed by atoms with Gasteiger partial charge in [-0.05, 0) is 113 Å². The minimum Gasteiger partial charge on any atom is -0.497 e. The summed E-state index contributed by atoms with van der Waals surface area (Å²) in [6.07, 6.45) is 16.4. The number of Topliss-reactive ketones (excluding diaryl/α,β-unsaturated/α-hetero) is 1. The molecule has 0 radical (unpaired) electrons. The Morgan fingerprint density at radius 1 is 0.951 bits per heavy atom. The Balaban J connectivity index is 1.18. The van der Waals surface area contributed by atoms with Crippen LogP contribution in [-0.2, 0) is 19.0 Å². The number of benzene rings is 1. The Morgan fingerprint density at radius 2 is 1.68 bits per heavy atom. The first-order valence-corrected chi connectivity index (χ1v) is 16.8. The highest BCUT2D eigenvalue weighted by Crippen LogP contribution is 2.46. The number of allylic oxidation sites excluding steroid dienone is 3. The molecule has 3 atom stereocenters. The number of carbonyl (C=O) groups excluding carboxylic acids is 1. The lowest BCUT2D eigenvalue weighted by molar-refractivity contribution is -0.120. The van der Waals surface area contributed by atoms with Gasteiger partial charge in [-0.1, -0.05) is 49.6 Å². The first kappa shape index (κ1) is 30.4. The average molecular weight is 563 g/mol. The number of ketones is 1. The molecular weight excluding hydrogens is 508 g/mol. The van der Waals surface area contributed by atoms with Gasteiger partial charge in [-0.3, -0.25) is 4.79 Å². The summed E-state index contributed by atoms with van der Waals surface area (Å²) in [7, 11) is 0. The number of hydrogen-bond donors (Lipinski definition) is 0. The Bertz CT molecular complexity index is 1070. The molecule has 1 saturated heterocycles. The minimum atomic E-state index is 0.159. The second kappa shape index (κ2) is 13.9. The molecule has 0 spiro atoms. The SMILES string of the molecule is CCOC1=CC(CC2(C)CCC(C3CCC(CCC(=O)C4CC4)CC3)COC2)CC(OCC)=C1c1ccc(C)cc1. The summed E-state index contributed by atoms with van der Waals surface area (Å²) in [6, 6.07) is 8.73. The molecule has 3 aliphatic carbocycles. The molecule has 1 heterocycles. The second-order valence-corrected chi connectivity index (χ2v) is 13.9. The largest absolute Gasteiger partial charge is 0.497 e. The molecule has 3 fully saturated rings. The van der Waals surface area contributed by atoms with Crippen LogP contribution in [0.5, 0.6) is 0 Å². The van der Waals surface area contributed by atoms with Gasteiger partial charge in [0.1, 0.15) is 17.3 Å². The molecule has 4 nitrogen and oxygen atoms in total. The van der Waals surface area contributed by atoms with E-state index in [1.54, 1.807) is 0 Å². The topological polar surface area (TPSA) is 44.8 Å². The Labute approximate surface area is 249 Å². The third-order valence-corrected chi connectivity index (χ3v) is 10.4. The fourth-order valence-electron chi connectivity index (χ4n) is 7.79. The van der Waals surface area contributed by atoms with E-state index in [-0.39, 0.29) is 5.41 Å². The van der Waals surface area contributed by atoms with Crippen LogP contribution in [0.3, 0.4) is 0 Å². The summed E-state index contributed by atoms with van der Waals surface area (Å²) in [6.45, 7) is 11.8. The van der Waals surface area contributed by atoms with Crippen molar-refractivity contribution in [2.75, 3.05) is 26.4 Å². The molecule has 5 rings (SSSR count). The molecule has 2 saturated carbocycles. The lowest BCUT2D eigenvalue weighted by Gasteiger charge is -2.35. The van der Waals surface area contributed by atoms with Crippen molar-refractivity contribution in [1.82, 2.24) is 0 Å². The molecular formula is C37H54O4. The predicted molar refractivity (Wildman–Crippen MR) is 166 cm³/mol. The highest BCUT2D eigenvalue weighted by molar-refractivity contribution is 5.83. The molecule has 3 unspecified atom stereocenters. The van der Waals surface area contributed by atoms with Gasteiger partial charge in [-0.15, -0.1) is 0 Å². The average Bonchev–Trinajstić information content (AvgIpc) is 3.82. The third-order valence-electron chi connectivity index (χ3n) is 10.4. The minimum absolute atomic E-state index is 0.159. The highest BCUT2D eigenvalue weighted by Gasteiger charge is 2.37. The van der Waals surface area contributed by atoms with Gasteiger partial charge >= 0.3 is 0 Å². The van der Waals surface area contributed by atoms with Gasteiger partial charge in [0.05, 0.1) is 25.4 Å². The number of aryl methyl sites for hydroxylation is 1. The van der Waals surface area contributed by atoms with Crippen LogP contribution in [0.2, 0.25) is 0 Å². The van der Waals surface area contributed by atoms with Gasteiger partial charge in [0, 0.05) is 25.4 Å². The molecule has 0 bridgehead atoms. The number of hydrogen-bond acceptors (Lipinski definition) is 4. The molecule has 226 valence electrons. The van der Waals surface area contributed by atoms with Crippen LogP contribution in [0.1, 0.15) is 109 Å². The van der Waals surface area contributed by atoms with Crippen molar-refractivity contribution in [2.45, 2.75) is 105 Å². The normalized spacial score (nSPS) is 30.9. The standard InChI is InChI=1S/C37H54O4/c1-5-40-34-21-28(22-35(41-6-2)36(34)31-12-7-26(3)8-13-31)23-37(4)20-19-32(24-39-25-37)29-14-9-27(10-15-29)11-18-33(38)30-16-17-30/h7-8,12-13,21,27-30,32H,5-6,9-11,14-20,22-25H2,1-4H3. The number of rotatable bonds is 12. The maximum Gasteiger partial charge on any atom is 0.135 e. The van der Waals surface area contributed by atoms with Crippen molar-refractivity contribution in [3.63, 3.8) is 0 Å². The van der Waals surface area contributed by atoms with Crippen molar-refractivity contribution < 1.29 is 19.0 Å². The van der Waals surface area contributed by atoms with Crippen LogP contribution in [0, 0.1) is 41.9 Å². The molecule has 1 aliphatic heterocycles. The zero-order valence-corrected chi connectivity index (χ0v) is 26.2. The lowest BCUT2D eigenvalue weighted by atomic mass is 9.70. The monoisotopic (exact) mass is 562 g/mol. The summed E-state index contributed by atoms with van der Waals surface area (Å²) >= 11 is 0. The van der Waals surface area contributed by atoms with Gasteiger partial charge in [0.25, 0.3) is 0 Å². The molecule has 0 amide bonds. The first-order valence-electron chi connectivity index (χ1n) is 16.8. The number of ether oxygens (including phenoxy) is 3. The van der Waals surface area contributed by atoms with Crippen molar-refractivity contribution in [3.05, 3.63) is 53.0 Å². The van der Waals surface area contributed by atoms with Gasteiger partial charge in [0.15, 0.2) is 0 Å². The second-order valence-electron chi connectivity index (χ2n) is 13.9. The molecule has 4 heteroatoms. The summed E-state index contributed by atoms with van der Waals surface area (Å²) in [4.78, 5) is 12.2. The molecule has 0 N–H and O–H groups in total. The molecule has 4 aliphatic rings. The van der Waals surface area contributed by atoms with Crippen LogP contribution < -0.4 is 0 Å². The predicted octanol–water partition coefficient (Wildman–Crippen LogP) is 9.07. The number of carbonyl (C=O) groups is 1. The van der Waals surface area contributed by atoms with Crippen molar-refractivity contribution in [2.24, 2.45) is 35.0 Å². The molecule has 41 heavy (non-hydrogen) atoms. The quantitative estimate of drug-likeness (QED) is 0.255. The molecule has 1 aromatic rings. The van der Waals surface area contributed by atoms with Gasteiger partial charge in [0.2, 0.25) is 0 Å². The fourth-order valence-corrected chi connectivity index (χ4v) is 7.79. The van der Waals surface area contributed by atoms with E-state index in [4.69, 9.17) is 14.2 Å². The fraction of sp³-hybridized carbons (Fsp3) is 0.703. The van der Waals surface area contributed by atoms with E-state index < -0.39 is 0 Å². The smallest absolute Gasteiger partial charge is 0.135 e. The highest BCUT2D eigenvalue weighted by atomic mass is 16.5. The maximum atomic E-state index is 12.2. The van der Waals surface area contributed by atoms with Crippen molar-refractivity contribution in [1.29, 1.82) is 0 Å². The van der Waals surface area contributed by atoms with E-state index >= 15 is 0 Å². The third kappa shape index (κ3) is 8.06. The zero-order valence-electron chi connectivity index (χ0n) is 26.2. The van der Waals surface area contributed by atoms with E-state index in [0.717, 1.165) is 80.7 Å². The van der Waals surface area contributed by atoms with Crippen molar-refractivity contribution >= 4 is 11.4 Å². The summed E-state index contributed by atoms with van der Waals surface area (Å²) in [5.74, 6) is 5.62. The van der Waals surface area contributed by atoms with Gasteiger partial charge in [-0.25, -0.2) is 0 Å². The van der Waals surface area contributed by atoms with Crippen LogP contribution in [0.25, 0.3) is 5.57 Å². The molecule has 1 aromatic carbocycles. The van der Waals surface area contributed by atoms with E-state index in [1.807, 2.05) is 0 Å². The van der Waals surface area contributed by atoms with Crippen molar-refractivity contribution in [3.8, 4) is 0 Å². The van der Waals surface area contributed by atoms with Crippen LogP contribution in [0.15, 0.2) is 41.9 Å². The van der Waals surface area contributed by atoms with E-state index in [2.05, 4.69) is 58.0 Å². The van der Waals surface area contributed by atoms with Gasteiger partial charge in [-0.2, -0.15) is 0 Å². The van der Waals surface area contributed by atoms with E-state index in [1.165, 1.54) is 49.7 Å². The summed E-state index contributed by atoms with van der Waals surface area (Å²) in [5, 5.41) is 0. The maximum absolute atomic E-state index is 12.2. The van der Waals surface area contributed by atoms with Crippen LogP contribution >= 0.6 is 0 Å². The first-order chi connectivity index (χ1) is 19.9. The molecule has 0 aromatic heterocycles. The Kier molecular flexibility index (Phi) is 10.3.